The molecule has 2 aromatic carbocycles. The maximum Gasteiger partial charge on any atom is 0.166 e. The molecule has 6 heteroatoms. The van der Waals surface area contributed by atoms with Crippen LogP contribution in [-0.4, -0.2) is 9.97 Å². The van der Waals surface area contributed by atoms with Crippen LogP contribution in [0.25, 0.3) is 11.0 Å². The summed E-state index contributed by atoms with van der Waals surface area (Å²) in [6.07, 6.45) is 0. The molecule has 0 unspecified atom stereocenters. The Hall–Kier alpha value is -2.08. The van der Waals surface area contributed by atoms with Gasteiger partial charge in [-0.2, -0.15) is 0 Å². The Labute approximate surface area is 118 Å². The second-order valence-electron chi connectivity index (χ2n) is 4.34. The monoisotopic (exact) mass is 291 g/mol. The van der Waals surface area contributed by atoms with E-state index in [4.69, 9.17) is 5.73 Å². The molecule has 0 fully saturated rings. The van der Waals surface area contributed by atoms with E-state index in [-0.39, 0.29) is 0 Å². The molecule has 0 spiro atoms. The Balaban J connectivity index is 1.79. The Morgan fingerprint density at radius 3 is 2.80 bits per heavy atom. The number of nitrogens with one attached hydrogen (secondary N) is 1. The topological polar surface area (TPSA) is 54.7 Å². The summed E-state index contributed by atoms with van der Waals surface area (Å²) in [6.45, 7) is 0. The Bertz CT molecular complexity index is 770. The fourth-order valence-electron chi connectivity index (χ4n) is 1.86. The number of aromatic amines is 1. The molecule has 3 aromatic rings. The molecular weight excluding hydrogens is 280 g/mol. The predicted molar refractivity (Wildman–Crippen MR) is 76.4 cm³/mol. The van der Waals surface area contributed by atoms with Gasteiger partial charge in [0, 0.05) is 17.5 Å². The van der Waals surface area contributed by atoms with E-state index in [9.17, 15) is 8.78 Å². The van der Waals surface area contributed by atoms with Crippen LogP contribution >= 0.6 is 11.8 Å². The number of nitrogens with two attached hydrogens (primary N) is 1. The van der Waals surface area contributed by atoms with E-state index >= 15 is 0 Å². The summed E-state index contributed by atoms with van der Waals surface area (Å²) in [5.74, 6) is -0.741. The summed E-state index contributed by atoms with van der Waals surface area (Å²) in [5.41, 5.74) is 8.44. The van der Waals surface area contributed by atoms with Crippen molar-refractivity contribution in [2.24, 2.45) is 0 Å². The molecule has 20 heavy (non-hydrogen) atoms. The summed E-state index contributed by atoms with van der Waals surface area (Å²) >= 11 is 1.36. The van der Waals surface area contributed by atoms with E-state index in [1.54, 1.807) is 12.1 Å². The van der Waals surface area contributed by atoms with Crippen LogP contribution < -0.4 is 5.73 Å². The fraction of sp³-hybridized carbons (Fsp3) is 0.0714. The molecule has 1 aromatic heterocycles. The van der Waals surface area contributed by atoms with Crippen molar-refractivity contribution in [3.05, 3.63) is 53.6 Å². The van der Waals surface area contributed by atoms with Crippen molar-refractivity contribution >= 4 is 28.5 Å². The maximum atomic E-state index is 13.5. The van der Waals surface area contributed by atoms with Gasteiger partial charge in [0.2, 0.25) is 0 Å². The SMILES string of the molecule is Nc1ccc2nc(SCc3ccc(F)cc3F)[nH]c2c1. The van der Waals surface area contributed by atoms with Gasteiger partial charge in [0.05, 0.1) is 11.0 Å². The second kappa shape index (κ2) is 5.13. The molecule has 3 nitrogen and oxygen atoms in total. The number of halogens is 2. The highest BCUT2D eigenvalue weighted by Gasteiger charge is 2.07. The normalized spacial score (nSPS) is 11.1. The number of nitrogens with zero attached hydrogens (tertiary/aromatic N) is 1. The lowest BCUT2D eigenvalue weighted by atomic mass is 10.2. The van der Waals surface area contributed by atoms with Crippen LogP contribution in [0.4, 0.5) is 14.5 Å². The summed E-state index contributed by atoms with van der Waals surface area (Å²) in [7, 11) is 0. The third-order valence-electron chi connectivity index (χ3n) is 2.86. The molecule has 0 amide bonds. The molecule has 3 N–H and O–H groups in total. The Morgan fingerprint density at radius 1 is 1.15 bits per heavy atom. The highest BCUT2D eigenvalue weighted by atomic mass is 32.2. The van der Waals surface area contributed by atoms with Gasteiger partial charge in [-0.1, -0.05) is 17.8 Å². The average molecular weight is 291 g/mol. The molecule has 1 heterocycles. The van der Waals surface area contributed by atoms with Crippen molar-refractivity contribution in [1.82, 2.24) is 9.97 Å². The number of H-pyrrole nitrogens is 1. The lowest BCUT2D eigenvalue weighted by molar-refractivity contribution is 0.576. The van der Waals surface area contributed by atoms with E-state index in [0.717, 1.165) is 17.1 Å². The molecule has 0 saturated heterocycles. The smallest absolute Gasteiger partial charge is 0.166 e. The lowest BCUT2D eigenvalue weighted by Gasteiger charge is -2.01. The number of aromatic nitrogens is 2. The minimum atomic E-state index is -0.574. The lowest BCUT2D eigenvalue weighted by Crippen LogP contribution is -1.89. The van der Waals surface area contributed by atoms with Gasteiger partial charge in [0.1, 0.15) is 11.6 Å². The zero-order valence-electron chi connectivity index (χ0n) is 10.4. The number of nitrogen functional groups attached to an aromatic ring is 1. The summed E-state index contributed by atoms with van der Waals surface area (Å²) in [5, 5.41) is 0.675. The van der Waals surface area contributed by atoms with Gasteiger partial charge in [0.15, 0.2) is 5.16 Å². The van der Waals surface area contributed by atoms with Gasteiger partial charge in [-0.3, -0.25) is 0 Å². The molecule has 0 saturated carbocycles. The van der Waals surface area contributed by atoms with Crippen LogP contribution in [-0.2, 0) is 5.75 Å². The Morgan fingerprint density at radius 2 is 2.00 bits per heavy atom. The van der Waals surface area contributed by atoms with E-state index in [1.165, 1.54) is 23.9 Å². The highest BCUT2D eigenvalue weighted by Crippen LogP contribution is 2.25. The molecule has 3 rings (SSSR count). The first-order valence-electron chi connectivity index (χ1n) is 5.94. The first-order chi connectivity index (χ1) is 9.61. The number of rotatable bonds is 3. The highest BCUT2D eigenvalue weighted by molar-refractivity contribution is 7.98. The minimum absolute atomic E-state index is 0.376. The number of benzene rings is 2. The number of imidazole rings is 1. The maximum absolute atomic E-state index is 13.5. The molecule has 102 valence electrons. The largest absolute Gasteiger partial charge is 0.399 e. The summed E-state index contributed by atoms with van der Waals surface area (Å²) in [4.78, 5) is 7.48. The van der Waals surface area contributed by atoms with Gasteiger partial charge in [-0.05, 0) is 29.8 Å². The predicted octanol–water partition coefficient (Wildman–Crippen LogP) is 3.72. The van der Waals surface area contributed by atoms with Crippen molar-refractivity contribution in [1.29, 1.82) is 0 Å². The molecule has 0 aliphatic heterocycles. The van der Waals surface area contributed by atoms with E-state index < -0.39 is 11.6 Å². The van der Waals surface area contributed by atoms with Gasteiger partial charge in [-0.15, -0.1) is 0 Å². The molecule has 0 radical (unpaired) electrons. The summed E-state index contributed by atoms with van der Waals surface area (Å²) in [6, 6.07) is 8.97. The third kappa shape index (κ3) is 2.60. The van der Waals surface area contributed by atoms with Gasteiger partial charge in [0.25, 0.3) is 0 Å². The van der Waals surface area contributed by atoms with Crippen molar-refractivity contribution < 1.29 is 8.78 Å². The van der Waals surface area contributed by atoms with Crippen molar-refractivity contribution in [2.75, 3.05) is 5.73 Å². The third-order valence-corrected chi connectivity index (χ3v) is 3.79. The number of fused-ring (bicyclic) bond motifs is 1. The van der Waals surface area contributed by atoms with Crippen molar-refractivity contribution in [3.63, 3.8) is 0 Å². The molecular formula is C14H11F2N3S. The van der Waals surface area contributed by atoms with Crippen LogP contribution in [0.3, 0.4) is 0 Å². The zero-order valence-corrected chi connectivity index (χ0v) is 11.2. The fourth-order valence-corrected chi connectivity index (χ4v) is 2.73. The quantitative estimate of drug-likeness (QED) is 0.571. The van der Waals surface area contributed by atoms with Crippen LogP contribution in [0.1, 0.15) is 5.56 Å². The number of hydrogen-bond donors (Lipinski definition) is 2. The van der Waals surface area contributed by atoms with E-state index in [2.05, 4.69) is 9.97 Å². The van der Waals surface area contributed by atoms with Crippen LogP contribution in [0, 0.1) is 11.6 Å². The molecule has 0 aliphatic rings. The van der Waals surface area contributed by atoms with Crippen molar-refractivity contribution in [2.45, 2.75) is 10.9 Å². The van der Waals surface area contributed by atoms with Gasteiger partial charge < -0.3 is 10.7 Å². The first kappa shape index (κ1) is 12.9. The summed E-state index contributed by atoms with van der Waals surface area (Å²) < 4.78 is 26.3. The van der Waals surface area contributed by atoms with E-state index in [0.29, 0.717) is 22.2 Å². The molecule has 0 bridgehead atoms. The van der Waals surface area contributed by atoms with Gasteiger partial charge in [-0.25, -0.2) is 13.8 Å². The molecule has 0 atom stereocenters. The van der Waals surface area contributed by atoms with E-state index in [1.807, 2.05) is 6.07 Å². The number of hydrogen-bond acceptors (Lipinski definition) is 3. The van der Waals surface area contributed by atoms with Gasteiger partial charge >= 0.3 is 0 Å². The standard InChI is InChI=1S/C14H11F2N3S/c15-9-2-1-8(11(16)5-9)7-20-14-18-12-4-3-10(17)6-13(12)19-14/h1-6H,7,17H2,(H,18,19). The van der Waals surface area contributed by atoms with Crippen LogP contribution in [0.5, 0.6) is 0 Å². The zero-order chi connectivity index (χ0) is 14.1. The molecule has 0 aliphatic carbocycles. The number of thioether (sulfide) groups is 1. The Kier molecular flexibility index (Phi) is 3.31. The average Bonchev–Trinajstić information content (AvgIpc) is 2.79. The second-order valence-corrected chi connectivity index (χ2v) is 5.31. The minimum Gasteiger partial charge on any atom is -0.399 e. The van der Waals surface area contributed by atoms with Crippen molar-refractivity contribution in [3.8, 4) is 0 Å². The van der Waals surface area contributed by atoms with Crippen LogP contribution in [0.2, 0.25) is 0 Å². The first-order valence-corrected chi connectivity index (χ1v) is 6.92. The van der Waals surface area contributed by atoms with Crippen LogP contribution in [0.15, 0.2) is 41.6 Å². The number of anilines is 1.